The van der Waals surface area contributed by atoms with Crippen LogP contribution >= 0.6 is 0 Å². The van der Waals surface area contributed by atoms with Gasteiger partial charge >= 0.3 is 17.9 Å². The summed E-state index contributed by atoms with van der Waals surface area (Å²) in [6, 6.07) is 0. The highest BCUT2D eigenvalue weighted by atomic mass is 16.6. The van der Waals surface area contributed by atoms with E-state index in [1.165, 1.54) is 44.9 Å². The van der Waals surface area contributed by atoms with Gasteiger partial charge in [0.1, 0.15) is 13.2 Å². The minimum atomic E-state index is -0.797. The molecule has 1 unspecified atom stereocenters. The lowest BCUT2D eigenvalue weighted by Gasteiger charge is -2.18. The average molecular weight is 873 g/mol. The predicted octanol–water partition coefficient (Wildman–Crippen LogP) is 16.8. The van der Waals surface area contributed by atoms with Gasteiger partial charge in [-0.3, -0.25) is 14.4 Å². The zero-order chi connectivity index (χ0) is 45.8. The molecule has 0 aromatic carbocycles. The van der Waals surface area contributed by atoms with Gasteiger partial charge in [0.15, 0.2) is 6.10 Å². The maximum absolute atomic E-state index is 12.7. The van der Waals surface area contributed by atoms with Crippen LogP contribution in [0.1, 0.15) is 213 Å². The Balaban J connectivity index is 4.30. The van der Waals surface area contributed by atoms with E-state index in [4.69, 9.17) is 14.2 Å². The Bertz CT molecular complexity index is 1330. The molecule has 0 aliphatic rings. The number of esters is 3. The van der Waals surface area contributed by atoms with E-state index in [0.717, 1.165) is 128 Å². The molecule has 0 radical (unpaired) electrons. The van der Waals surface area contributed by atoms with Gasteiger partial charge in [-0.1, -0.05) is 201 Å². The van der Waals surface area contributed by atoms with Crippen LogP contribution in [0.15, 0.2) is 109 Å². The maximum atomic E-state index is 12.7. The standard InChI is InChI=1S/C57H92O6/c1-4-7-10-13-16-19-21-22-23-24-25-26-27-28-29-30-31-32-33-34-35-36-37-39-41-44-47-50-56(59)62-53-54(52-61-55(58)49-46-43-40-18-15-12-9-6-3)63-57(60)51-48-45-42-38-20-17-14-11-8-5-2/h7,10-11,14,16,19,22-23,25-26,28-29,31-32,34-35,37,39,54H,4-6,8-9,12-13,15,17-18,20-21,24,27,30,33,36,38,40-53H2,1-3H3/b10-7-,14-11-,19-16-,23-22-,26-25-,29-28-,32-31-,35-34-,39-37-. The maximum Gasteiger partial charge on any atom is 0.306 e. The number of carbonyl (C=O) groups is 3. The van der Waals surface area contributed by atoms with Crippen molar-refractivity contribution < 1.29 is 28.6 Å². The van der Waals surface area contributed by atoms with E-state index in [-0.39, 0.29) is 31.1 Å². The average Bonchev–Trinajstić information content (AvgIpc) is 3.28. The van der Waals surface area contributed by atoms with Gasteiger partial charge in [0.25, 0.3) is 0 Å². The second kappa shape index (κ2) is 50.7. The first-order valence-corrected chi connectivity index (χ1v) is 25.4. The van der Waals surface area contributed by atoms with Gasteiger partial charge in [0.2, 0.25) is 0 Å². The highest BCUT2D eigenvalue weighted by molar-refractivity contribution is 5.71. The van der Waals surface area contributed by atoms with Gasteiger partial charge in [-0.05, 0) is 103 Å². The van der Waals surface area contributed by atoms with E-state index >= 15 is 0 Å². The molecule has 0 aliphatic heterocycles. The number of hydrogen-bond donors (Lipinski definition) is 0. The minimum absolute atomic E-state index is 0.0962. The van der Waals surface area contributed by atoms with Crippen molar-refractivity contribution in [1.82, 2.24) is 0 Å². The lowest BCUT2D eigenvalue weighted by molar-refractivity contribution is -0.167. The third-order valence-electron chi connectivity index (χ3n) is 10.2. The number of carbonyl (C=O) groups excluding carboxylic acids is 3. The Kier molecular flexibility index (Phi) is 47.5. The van der Waals surface area contributed by atoms with Gasteiger partial charge in [-0.2, -0.15) is 0 Å². The van der Waals surface area contributed by atoms with Crippen LogP contribution in [0.2, 0.25) is 0 Å². The van der Waals surface area contributed by atoms with Crippen LogP contribution in [0.5, 0.6) is 0 Å². The summed E-state index contributed by atoms with van der Waals surface area (Å²) in [7, 11) is 0. The Morgan fingerprint density at radius 2 is 0.651 bits per heavy atom. The first-order chi connectivity index (χ1) is 31.0. The molecule has 0 amide bonds. The molecule has 0 spiro atoms. The van der Waals surface area contributed by atoms with Crippen LogP contribution in [-0.4, -0.2) is 37.2 Å². The zero-order valence-electron chi connectivity index (χ0n) is 40.5. The second-order valence-electron chi connectivity index (χ2n) is 16.3. The Labute approximate surface area is 387 Å². The van der Waals surface area contributed by atoms with E-state index in [2.05, 4.69) is 130 Å². The second-order valence-corrected chi connectivity index (χ2v) is 16.3. The monoisotopic (exact) mass is 873 g/mol. The Hall–Kier alpha value is -3.93. The van der Waals surface area contributed by atoms with E-state index in [0.29, 0.717) is 19.3 Å². The van der Waals surface area contributed by atoms with Crippen molar-refractivity contribution in [3.8, 4) is 0 Å². The number of ether oxygens (including phenoxy) is 3. The van der Waals surface area contributed by atoms with Gasteiger partial charge < -0.3 is 14.2 Å². The van der Waals surface area contributed by atoms with Crippen LogP contribution in [0.3, 0.4) is 0 Å². The van der Waals surface area contributed by atoms with Gasteiger partial charge in [-0.25, -0.2) is 0 Å². The summed E-state index contributed by atoms with van der Waals surface area (Å²) in [6.45, 7) is 6.36. The fourth-order valence-corrected chi connectivity index (χ4v) is 6.46. The van der Waals surface area contributed by atoms with E-state index in [9.17, 15) is 14.4 Å². The van der Waals surface area contributed by atoms with Crippen molar-refractivity contribution >= 4 is 17.9 Å². The van der Waals surface area contributed by atoms with Crippen LogP contribution in [0.25, 0.3) is 0 Å². The summed E-state index contributed by atoms with van der Waals surface area (Å²) in [6.07, 6.45) is 68.1. The van der Waals surface area contributed by atoms with Crippen LogP contribution in [-0.2, 0) is 28.6 Å². The highest BCUT2D eigenvalue weighted by Crippen LogP contribution is 2.13. The molecule has 0 aromatic rings. The fraction of sp³-hybridized carbons (Fsp3) is 0.632. The molecule has 63 heavy (non-hydrogen) atoms. The zero-order valence-corrected chi connectivity index (χ0v) is 40.5. The molecule has 0 saturated carbocycles. The molecule has 6 heteroatoms. The molecule has 0 N–H and O–H groups in total. The number of unbranched alkanes of at least 4 members (excludes halogenated alkanes) is 15. The largest absolute Gasteiger partial charge is 0.462 e. The van der Waals surface area contributed by atoms with Crippen LogP contribution in [0, 0.1) is 0 Å². The van der Waals surface area contributed by atoms with Gasteiger partial charge in [0, 0.05) is 19.3 Å². The van der Waals surface area contributed by atoms with Crippen molar-refractivity contribution in [2.24, 2.45) is 0 Å². The molecule has 0 fully saturated rings. The van der Waals surface area contributed by atoms with Gasteiger partial charge in [-0.15, -0.1) is 0 Å². The summed E-state index contributed by atoms with van der Waals surface area (Å²) in [5.74, 6) is -0.966. The van der Waals surface area contributed by atoms with Crippen molar-refractivity contribution in [1.29, 1.82) is 0 Å². The molecule has 1 atom stereocenters. The number of allylic oxidation sites excluding steroid dienone is 18. The van der Waals surface area contributed by atoms with Crippen molar-refractivity contribution in [2.45, 2.75) is 219 Å². The van der Waals surface area contributed by atoms with Crippen LogP contribution in [0.4, 0.5) is 0 Å². The normalized spacial score (nSPS) is 13.0. The van der Waals surface area contributed by atoms with Crippen molar-refractivity contribution in [2.75, 3.05) is 13.2 Å². The molecule has 0 aliphatic carbocycles. The lowest BCUT2D eigenvalue weighted by atomic mass is 10.1. The third-order valence-corrected chi connectivity index (χ3v) is 10.2. The van der Waals surface area contributed by atoms with E-state index in [1.54, 1.807) is 0 Å². The molecule has 6 nitrogen and oxygen atoms in total. The summed E-state index contributed by atoms with van der Waals surface area (Å²) >= 11 is 0. The predicted molar refractivity (Wildman–Crippen MR) is 270 cm³/mol. The summed E-state index contributed by atoms with van der Waals surface area (Å²) in [5.41, 5.74) is 0. The minimum Gasteiger partial charge on any atom is -0.462 e. The molecule has 356 valence electrons. The summed E-state index contributed by atoms with van der Waals surface area (Å²) < 4.78 is 16.6. The first kappa shape index (κ1) is 59.1. The first-order valence-electron chi connectivity index (χ1n) is 25.4. The fourth-order valence-electron chi connectivity index (χ4n) is 6.46. The van der Waals surface area contributed by atoms with E-state index in [1.807, 2.05) is 0 Å². The molecule has 0 rings (SSSR count). The topological polar surface area (TPSA) is 78.9 Å². The molecule has 0 heterocycles. The molecule has 0 saturated heterocycles. The number of hydrogen-bond acceptors (Lipinski definition) is 6. The Morgan fingerprint density at radius 1 is 0.333 bits per heavy atom. The van der Waals surface area contributed by atoms with Crippen LogP contribution < -0.4 is 0 Å². The summed E-state index contributed by atoms with van der Waals surface area (Å²) in [5, 5.41) is 0. The SMILES string of the molecule is CC/C=C\C/C=C\C/C=C\C/C=C\C/C=C\C/C=C\C/C=C\C/C=C\CCCCC(=O)OCC(COC(=O)CCCCCCCCCC)OC(=O)CCCCCCC/C=C\CCC. The van der Waals surface area contributed by atoms with Gasteiger partial charge in [0.05, 0.1) is 0 Å². The lowest BCUT2D eigenvalue weighted by Crippen LogP contribution is -2.30. The van der Waals surface area contributed by atoms with E-state index < -0.39 is 6.10 Å². The third kappa shape index (κ3) is 49.0. The Morgan fingerprint density at radius 3 is 1.08 bits per heavy atom. The molecular weight excluding hydrogens is 781 g/mol. The quantitative estimate of drug-likeness (QED) is 0.0263. The smallest absolute Gasteiger partial charge is 0.306 e. The number of rotatable bonds is 44. The summed E-state index contributed by atoms with van der Waals surface area (Å²) in [4.78, 5) is 37.7. The van der Waals surface area contributed by atoms with Crippen molar-refractivity contribution in [3.05, 3.63) is 109 Å². The molecule has 0 bridgehead atoms. The molecule has 0 aromatic heterocycles. The molecular formula is C57H92O6. The highest BCUT2D eigenvalue weighted by Gasteiger charge is 2.19. The van der Waals surface area contributed by atoms with Crippen molar-refractivity contribution in [3.63, 3.8) is 0 Å².